The van der Waals surface area contributed by atoms with E-state index in [-0.39, 0.29) is 23.9 Å². The van der Waals surface area contributed by atoms with Crippen LogP contribution in [-0.4, -0.2) is 58.6 Å². The van der Waals surface area contributed by atoms with Crippen molar-refractivity contribution in [2.24, 2.45) is 27.7 Å². The number of aliphatic imine (C=N–C) groups is 1. The Morgan fingerprint density at radius 1 is 1.33 bits per heavy atom. The minimum absolute atomic E-state index is 0.0117. The predicted octanol–water partition coefficient (Wildman–Crippen LogP) is 2.66. The van der Waals surface area contributed by atoms with Crippen molar-refractivity contribution in [3.8, 4) is 0 Å². The fourth-order valence-electron chi connectivity index (χ4n) is 7.85. The van der Waals surface area contributed by atoms with E-state index in [9.17, 15) is 19.5 Å². The number of hydrogen-bond acceptors (Lipinski definition) is 7. The number of fused-ring (bicyclic) bond motifs is 7. The standard InChI is InChI=1S/C25H30FNO6/c1-13-27-25(20(31)12-32-14(2)28)21(33-13)10-18-17-6-5-15-9-16(29)7-8-22(15,3)24(17,26)19(30)11-23(18,25)4/h7-9,17-19,21,30H,5-6,10-12H2,1-4H3/t17?,18?,19?,21?,22-,23-,24-,25+/m0/s1. The summed E-state index contributed by atoms with van der Waals surface area (Å²) in [5, 5.41) is 11.4. The van der Waals surface area contributed by atoms with Gasteiger partial charge in [-0.1, -0.05) is 18.6 Å². The molecule has 4 aliphatic carbocycles. The lowest BCUT2D eigenvalue weighted by molar-refractivity contribution is -0.198. The Labute approximate surface area is 192 Å². The molecule has 1 N–H and O–H groups in total. The molecule has 7 nitrogen and oxygen atoms in total. The summed E-state index contributed by atoms with van der Waals surface area (Å²) in [5.74, 6) is -1.57. The van der Waals surface area contributed by atoms with Crippen molar-refractivity contribution in [2.75, 3.05) is 6.61 Å². The fourth-order valence-corrected chi connectivity index (χ4v) is 7.85. The van der Waals surface area contributed by atoms with E-state index in [4.69, 9.17) is 9.47 Å². The normalized spacial score (nSPS) is 47.4. The van der Waals surface area contributed by atoms with Gasteiger partial charge in [0.1, 0.15) is 6.10 Å². The quantitative estimate of drug-likeness (QED) is 0.651. The molecule has 3 fully saturated rings. The molecule has 4 unspecified atom stereocenters. The third kappa shape index (κ3) is 2.58. The molecule has 5 aliphatic rings. The zero-order valence-electron chi connectivity index (χ0n) is 19.4. The summed E-state index contributed by atoms with van der Waals surface area (Å²) in [7, 11) is 0. The monoisotopic (exact) mass is 459 g/mol. The van der Waals surface area contributed by atoms with Gasteiger partial charge >= 0.3 is 5.97 Å². The van der Waals surface area contributed by atoms with Crippen molar-refractivity contribution < 1.29 is 33.4 Å². The Balaban J connectivity index is 1.60. The third-order valence-electron chi connectivity index (χ3n) is 9.31. The highest BCUT2D eigenvalue weighted by Crippen LogP contribution is 2.71. The number of carbonyl (C=O) groups excluding carboxylic acids is 3. The molecule has 0 spiro atoms. The molecular weight excluding hydrogens is 429 g/mol. The number of halogens is 1. The number of alkyl halides is 1. The molecule has 0 aromatic rings. The fraction of sp³-hybridized carbons (Fsp3) is 0.680. The van der Waals surface area contributed by atoms with Crippen LogP contribution in [-0.2, 0) is 23.9 Å². The highest BCUT2D eigenvalue weighted by atomic mass is 19.1. The number of esters is 1. The number of aliphatic hydroxyl groups is 1. The molecule has 0 aromatic heterocycles. The number of ether oxygens (including phenoxy) is 2. The van der Waals surface area contributed by atoms with Crippen LogP contribution in [0.1, 0.15) is 53.4 Å². The van der Waals surface area contributed by atoms with Gasteiger partial charge in [0.05, 0.1) is 6.10 Å². The van der Waals surface area contributed by atoms with E-state index in [1.807, 2.05) is 6.92 Å². The molecule has 0 radical (unpaired) electrons. The van der Waals surface area contributed by atoms with E-state index in [0.29, 0.717) is 30.7 Å². The Hall–Kier alpha value is -2.35. The summed E-state index contributed by atoms with van der Waals surface area (Å²) in [6.07, 6.45) is 3.97. The van der Waals surface area contributed by atoms with Crippen LogP contribution in [0.25, 0.3) is 0 Å². The van der Waals surface area contributed by atoms with E-state index in [0.717, 1.165) is 0 Å². The maximum atomic E-state index is 17.2. The maximum absolute atomic E-state index is 17.2. The second-order valence-corrected chi connectivity index (χ2v) is 10.7. The van der Waals surface area contributed by atoms with Gasteiger partial charge in [0, 0.05) is 30.6 Å². The summed E-state index contributed by atoms with van der Waals surface area (Å²) < 4.78 is 28.2. The summed E-state index contributed by atoms with van der Waals surface area (Å²) in [4.78, 5) is 41.6. The Bertz CT molecular complexity index is 1050. The van der Waals surface area contributed by atoms with Gasteiger partial charge in [0.2, 0.25) is 5.78 Å². The average molecular weight is 460 g/mol. The number of nitrogens with zero attached hydrogens (tertiary/aromatic N) is 1. The van der Waals surface area contributed by atoms with Crippen LogP contribution in [0.5, 0.6) is 0 Å². The molecule has 3 saturated carbocycles. The van der Waals surface area contributed by atoms with Crippen molar-refractivity contribution >= 4 is 23.4 Å². The molecule has 0 bridgehead atoms. The van der Waals surface area contributed by atoms with Crippen molar-refractivity contribution in [2.45, 2.75) is 76.8 Å². The lowest BCUT2D eigenvalue weighted by Crippen LogP contribution is -2.69. The van der Waals surface area contributed by atoms with Gasteiger partial charge < -0.3 is 14.6 Å². The Kier molecular flexibility index (Phi) is 4.65. The number of ketones is 2. The third-order valence-corrected chi connectivity index (χ3v) is 9.31. The molecule has 0 saturated heterocycles. The largest absolute Gasteiger partial charge is 0.475 e. The number of hydrogen-bond donors (Lipinski definition) is 1. The number of Topliss-reactive ketones (excluding diaryl/α,β-unsaturated/α-hetero) is 1. The van der Waals surface area contributed by atoms with Gasteiger partial charge in [0.15, 0.2) is 29.5 Å². The first kappa shape index (κ1) is 22.4. The first-order valence-electron chi connectivity index (χ1n) is 11.6. The Morgan fingerprint density at radius 2 is 2.06 bits per heavy atom. The van der Waals surface area contributed by atoms with Crippen molar-refractivity contribution in [1.82, 2.24) is 0 Å². The van der Waals surface area contributed by atoms with Gasteiger partial charge in [-0.05, 0) is 50.7 Å². The molecule has 8 heteroatoms. The van der Waals surface area contributed by atoms with Gasteiger partial charge in [-0.2, -0.15) is 0 Å². The number of carbonyl (C=O) groups is 3. The van der Waals surface area contributed by atoms with Crippen LogP contribution in [0.4, 0.5) is 4.39 Å². The first-order chi connectivity index (χ1) is 15.4. The summed E-state index contributed by atoms with van der Waals surface area (Å²) in [5.41, 5.74) is -4.60. The maximum Gasteiger partial charge on any atom is 0.303 e. The van der Waals surface area contributed by atoms with E-state index >= 15 is 4.39 Å². The Morgan fingerprint density at radius 3 is 2.76 bits per heavy atom. The molecule has 0 amide bonds. The topological polar surface area (TPSA) is 102 Å². The van der Waals surface area contributed by atoms with Crippen molar-refractivity contribution in [3.63, 3.8) is 0 Å². The van der Waals surface area contributed by atoms with E-state index in [1.54, 1.807) is 19.9 Å². The molecule has 178 valence electrons. The van der Waals surface area contributed by atoms with E-state index in [1.165, 1.54) is 19.1 Å². The lowest BCUT2D eigenvalue weighted by Gasteiger charge is -2.62. The van der Waals surface area contributed by atoms with Gasteiger partial charge in [-0.3, -0.25) is 14.4 Å². The number of rotatable bonds is 3. The second-order valence-electron chi connectivity index (χ2n) is 10.7. The van der Waals surface area contributed by atoms with E-state index in [2.05, 4.69) is 4.99 Å². The van der Waals surface area contributed by atoms with Crippen LogP contribution in [0.3, 0.4) is 0 Å². The molecule has 1 aliphatic heterocycles. The predicted molar refractivity (Wildman–Crippen MR) is 116 cm³/mol. The molecule has 5 rings (SSSR count). The second kappa shape index (κ2) is 6.84. The molecule has 0 aromatic carbocycles. The molecule has 33 heavy (non-hydrogen) atoms. The van der Waals surface area contributed by atoms with Crippen LogP contribution in [0, 0.1) is 22.7 Å². The summed E-state index contributed by atoms with van der Waals surface area (Å²) >= 11 is 0. The van der Waals surface area contributed by atoms with E-state index < -0.39 is 52.7 Å². The first-order valence-corrected chi connectivity index (χ1v) is 11.6. The number of allylic oxidation sites excluding steroid dienone is 4. The zero-order chi connectivity index (χ0) is 24.0. The zero-order valence-corrected chi connectivity index (χ0v) is 19.4. The van der Waals surface area contributed by atoms with Crippen LogP contribution >= 0.6 is 0 Å². The van der Waals surface area contributed by atoms with Gasteiger partial charge in [-0.15, -0.1) is 0 Å². The van der Waals surface area contributed by atoms with Crippen LogP contribution < -0.4 is 0 Å². The highest BCUT2D eigenvalue weighted by Gasteiger charge is 2.78. The molecular formula is C25H30FNO6. The minimum atomic E-state index is -1.99. The molecule has 8 atom stereocenters. The summed E-state index contributed by atoms with van der Waals surface area (Å²) in [6, 6.07) is 0. The smallest absolute Gasteiger partial charge is 0.303 e. The SMILES string of the molecule is CC(=O)OCC(=O)[C@@]12N=C(C)OC1CC1C3CCC4=CC(=O)C=C[C@]4(C)[C@@]3(F)C(O)C[C@@]12C. The van der Waals surface area contributed by atoms with Crippen LogP contribution in [0.2, 0.25) is 0 Å². The van der Waals surface area contributed by atoms with Gasteiger partial charge in [0.25, 0.3) is 0 Å². The average Bonchev–Trinajstić information content (AvgIpc) is 3.19. The van der Waals surface area contributed by atoms with Crippen LogP contribution in [0.15, 0.2) is 28.8 Å². The molecule has 1 heterocycles. The van der Waals surface area contributed by atoms with Crippen molar-refractivity contribution in [3.05, 3.63) is 23.8 Å². The minimum Gasteiger partial charge on any atom is -0.475 e. The number of aliphatic hydroxyl groups excluding tert-OH is 1. The van der Waals surface area contributed by atoms with Crippen molar-refractivity contribution in [1.29, 1.82) is 0 Å². The van der Waals surface area contributed by atoms with Gasteiger partial charge in [-0.25, -0.2) is 9.38 Å². The highest BCUT2D eigenvalue weighted by molar-refractivity contribution is 6.01. The lowest BCUT2D eigenvalue weighted by atomic mass is 9.44. The summed E-state index contributed by atoms with van der Waals surface area (Å²) in [6.45, 7) is 6.13.